The van der Waals surface area contributed by atoms with Crippen molar-refractivity contribution in [2.75, 3.05) is 13.2 Å². The molecule has 0 bridgehead atoms. The predicted molar refractivity (Wildman–Crippen MR) is 218 cm³/mol. The first-order chi connectivity index (χ1) is 24.2. The van der Waals surface area contributed by atoms with E-state index in [1.165, 1.54) is 167 Å². The first kappa shape index (κ1) is 47.0. The molecule has 0 amide bonds. The van der Waals surface area contributed by atoms with E-state index in [0.29, 0.717) is 13.2 Å². The van der Waals surface area contributed by atoms with Crippen molar-refractivity contribution in [2.24, 2.45) is 0 Å². The van der Waals surface area contributed by atoms with Crippen molar-refractivity contribution in [1.29, 1.82) is 0 Å². The zero-order chi connectivity index (χ0) is 37.7. The highest BCUT2D eigenvalue weighted by Gasteiger charge is 2.77. The Kier molecular flexibility index (Phi) is 21.8. The lowest BCUT2D eigenvalue weighted by atomic mass is 9.87. The van der Waals surface area contributed by atoms with Crippen molar-refractivity contribution in [3.05, 3.63) is 0 Å². The van der Waals surface area contributed by atoms with E-state index < -0.39 is 22.8 Å². The number of epoxide rings is 2. The minimum Gasteiger partial charge on any atom is -0.358 e. The molecule has 0 aromatic heterocycles. The van der Waals surface area contributed by atoms with Gasteiger partial charge in [0.25, 0.3) is 0 Å². The molecule has 5 heteroatoms. The molecule has 0 radical (unpaired) electrons. The van der Waals surface area contributed by atoms with Gasteiger partial charge in [0.2, 0.25) is 11.6 Å². The molecule has 2 rings (SSSR count). The lowest BCUT2D eigenvalue weighted by molar-refractivity contribution is -0.380. The molecule has 0 spiro atoms. The van der Waals surface area contributed by atoms with Gasteiger partial charge in [-0.25, -0.2) is 0 Å². The second-order valence-electron chi connectivity index (χ2n) is 18.2. The SMILES string of the molecule is CCCCCCCCCCCCCCCCOC(C)(OC(C)(OCCCCCCCCCCCCCCCC)C1(C)OC1(C)C)C1(C)OC1(C)C. The summed E-state index contributed by atoms with van der Waals surface area (Å²) in [7, 11) is 0. The van der Waals surface area contributed by atoms with E-state index in [0.717, 1.165) is 12.8 Å². The molecule has 4 atom stereocenters. The van der Waals surface area contributed by atoms with E-state index in [1.807, 2.05) is 0 Å². The molecule has 0 aromatic carbocycles. The molecule has 0 aliphatic carbocycles. The van der Waals surface area contributed by atoms with E-state index in [1.54, 1.807) is 0 Å². The van der Waals surface area contributed by atoms with Crippen LogP contribution in [0.15, 0.2) is 0 Å². The Morgan fingerprint density at radius 1 is 0.353 bits per heavy atom. The van der Waals surface area contributed by atoms with Gasteiger partial charge in [0.1, 0.15) is 11.2 Å². The summed E-state index contributed by atoms with van der Waals surface area (Å²) in [4.78, 5) is 0. The van der Waals surface area contributed by atoms with Gasteiger partial charge in [0, 0.05) is 0 Å². The van der Waals surface area contributed by atoms with E-state index in [9.17, 15) is 0 Å². The van der Waals surface area contributed by atoms with Crippen molar-refractivity contribution in [3.8, 4) is 0 Å². The minimum absolute atomic E-state index is 0.340. The molecule has 2 saturated heterocycles. The van der Waals surface area contributed by atoms with Crippen molar-refractivity contribution in [1.82, 2.24) is 0 Å². The Hall–Kier alpha value is -0.200. The van der Waals surface area contributed by atoms with Crippen LogP contribution in [0.5, 0.6) is 0 Å². The summed E-state index contributed by atoms with van der Waals surface area (Å²) in [5.41, 5.74) is -1.84. The van der Waals surface area contributed by atoms with Gasteiger partial charge in [0.05, 0.1) is 24.4 Å². The molecule has 2 heterocycles. The van der Waals surface area contributed by atoms with Gasteiger partial charge in [-0.15, -0.1) is 0 Å². The highest BCUT2D eigenvalue weighted by molar-refractivity contribution is 5.19. The maximum atomic E-state index is 7.09. The second-order valence-corrected chi connectivity index (χ2v) is 18.2. The van der Waals surface area contributed by atoms with Crippen LogP contribution >= 0.6 is 0 Å². The lowest BCUT2D eigenvalue weighted by Crippen LogP contribution is -2.60. The first-order valence-corrected chi connectivity index (χ1v) is 22.6. The van der Waals surface area contributed by atoms with Crippen molar-refractivity contribution in [3.63, 3.8) is 0 Å². The Labute approximate surface area is 319 Å². The van der Waals surface area contributed by atoms with Gasteiger partial charge in [-0.2, -0.15) is 0 Å². The molecular weight excluding hydrogens is 633 g/mol. The molecule has 0 saturated carbocycles. The zero-order valence-corrected chi connectivity index (χ0v) is 36.3. The van der Waals surface area contributed by atoms with Gasteiger partial charge < -0.3 is 23.7 Å². The highest BCUT2D eigenvalue weighted by Crippen LogP contribution is 2.61. The number of hydrogen-bond acceptors (Lipinski definition) is 5. The average molecular weight is 723 g/mol. The molecular formula is C46H90O5. The van der Waals surface area contributed by atoms with Crippen LogP contribution in [0.1, 0.15) is 249 Å². The van der Waals surface area contributed by atoms with Crippen LogP contribution < -0.4 is 0 Å². The summed E-state index contributed by atoms with van der Waals surface area (Å²) in [6.45, 7) is 22.8. The third kappa shape index (κ3) is 15.5. The van der Waals surface area contributed by atoms with Gasteiger partial charge >= 0.3 is 0 Å². The van der Waals surface area contributed by atoms with Crippen LogP contribution in [-0.2, 0) is 23.7 Å². The summed E-state index contributed by atoms with van der Waals surface area (Å²) in [5.74, 6) is -1.94. The summed E-state index contributed by atoms with van der Waals surface area (Å²) >= 11 is 0. The van der Waals surface area contributed by atoms with Crippen molar-refractivity contribution >= 4 is 0 Å². The largest absolute Gasteiger partial charge is 0.358 e. The van der Waals surface area contributed by atoms with Crippen molar-refractivity contribution in [2.45, 2.75) is 283 Å². The Morgan fingerprint density at radius 3 is 0.745 bits per heavy atom. The monoisotopic (exact) mass is 723 g/mol. The smallest absolute Gasteiger partial charge is 0.200 e. The third-order valence-corrected chi connectivity index (χ3v) is 13.0. The predicted octanol–water partition coefficient (Wildman–Crippen LogP) is 14.6. The fraction of sp³-hybridized carbons (Fsp3) is 1.00. The maximum Gasteiger partial charge on any atom is 0.200 e. The van der Waals surface area contributed by atoms with Crippen LogP contribution in [0.25, 0.3) is 0 Å². The highest BCUT2D eigenvalue weighted by atomic mass is 16.8. The minimum atomic E-state index is -0.970. The summed E-state index contributed by atoms with van der Waals surface area (Å²) in [5, 5.41) is 0. The summed E-state index contributed by atoms with van der Waals surface area (Å²) in [6, 6.07) is 0. The first-order valence-electron chi connectivity index (χ1n) is 22.6. The molecule has 2 aliphatic heterocycles. The fourth-order valence-electron chi connectivity index (χ4n) is 8.28. The molecule has 2 fully saturated rings. The molecule has 0 N–H and O–H groups in total. The van der Waals surface area contributed by atoms with E-state index in [2.05, 4.69) is 69.2 Å². The maximum absolute atomic E-state index is 7.09. The Bertz CT molecular complexity index is 819. The molecule has 4 unspecified atom stereocenters. The van der Waals surface area contributed by atoms with Crippen LogP contribution in [0.4, 0.5) is 0 Å². The molecule has 2 aliphatic rings. The van der Waals surface area contributed by atoms with Gasteiger partial charge in [-0.1, -0.05) is 181 Å². The number of hydrogen-bond donors (Lipinski definition) is 0. The van der Waals surface area contributed by atoms with E-state index >= 15 is 0 Å². The quantitative estimate of drug-likeness (QED) is 0.0366. The summed E-state index contributed by atoms with van der Waals surface area (Å²) in [6.07, 6.45) is 37.7. The molecule has 0 aromatic rings. The fourth-order valence-corrected chi connectivity index (χ4v) is 8.28. The normalized spacial score (nSPS) is 24.4. The van der Waals surface area contributed by atoms with Crippen LogP contribution in [0.2, 0.25) is 0 Å². The molecule has 5 nitrogen and oxygen atoms in total. The third-order valence-electron chi connectivity index (χ3n) is 13.0. The van der Waals surface area contributed by atoms with Gasteiger partial charge in [-0.05, 0) is 68.2 Å². The number of rotatable bonds is 36. The van der Waals surface area contributed by atoms with Crippen LogP contribution in [0.3, 0.4) is 0 Å². The van der Waals surface area contributed by atoms with Crippen molar-refractivity contribution < 1.29 is 23.7 Å². The topological polar surface area (TPSA) is 52.8 Å². The van der Waals surface area contributed by atoms with E-state index in [-0.39, 0.29) is 11.2 Å². The van der Waals surface area contributed by atoms with Gasteiger partial charge in [-0.3, -0.25) is 0 Å². The number of ether oxygens (including phenoxy) is 5. The van der Waals surface area contributed by atoms with Crippen LogP contribution in [0, 0.1) is 0 Å². The Balaban J connectivity index is 1.73. The van der Waals surface area contributed by atoms with Crippen LogP contribution in [-0.4, -0.2) is 47.2 Å². The standard InChI is InChI=1S/C46H90O5/c1-11-13-15-17-19-21-23-25-27-29-31-33-35-37-39-47-45(9,43(7)41(3,4)49-43)51-46(10,44(8)42(5,6)50-44)48-40-38-36-34-32-30-28-26-24-22-20-18-16-14-12-2/h11-40H2,1-10H3. The van der Waals surface area contributed by atoms with E-state index in [4.69, 9.17) is 23.7 Å². The molecule has 51 heavy (non-hydrogen) atoms. The number of unbranched alkanes of at least 4 members (excludes halogenated alkanes) is 26. The lowest BCUT2D eigenvalue weighted by Gasteiger charge is -2.45. The second kappa shape index (κ2) is 23.7. The summed E-state index contributed by atoms with van der Waals surface area (Å²) < 4.78 is 33.3. The Morgan fingerprint density at radius 2 is 0.549 bits per heavy atom. The molecule has 304 valence electrons. The average Bonchev–Trinajstić information content (AvgIpc) is 3.84. The van der Waals surface area contributed by atoms with Gasteiger partial charge in [0.15, 0.2) is 0 Å². The zero-order valence-electron chi connectivity index (χ0n) is 36.3.